The number of thioether (sulfide) groups is 1. The summed E-state index contributed by atoms with van der Waals surface area (Å²) < 4.78 is 0. The number of hydrogen-bond donors (Lipinski definition) is 2. The third kappa shape index (κ3) is 2.11. The molecule has 3 heterocycles. The Labute approximate surface area is 115 Å². The molecule has 2 unspecified atom stereocenters. The third-order valence-corrected chi connectivity index (χ3v) is 5.26. The third-order valence-electron chi connectivity index (χ3n) is 3.76. The number of aromatic amines is 1. The molecule has 3 rings (SSSR count). The smallest absolute Gasteiger partial charge is 0.244 e. The van der Waals surface area contributed by atoms with Gasteiger partial charge in [0.25, 0.3) is 0 Å². The fourth-order valence-electron chi connectivity index (χ4n) is 2.70. The largest absolute Gasteiger partial charge is 0.349 e. The zero-order valence-electron chi connectivity index (χ0n) is 10.7. The van der Waals surface area contributed by atoms with Crippen LogP contribution in [-0.4, -0.2) is 43.3 Å². The van der Waals surface area contributed by atoms with E-state index in [1.165, 1.54) is 0 Å². The Morgan fingerprint density at radius 3 is 3.32 bits per heavy atom. The number of nitrogens with zero attached hydrogens (tertiary/aromatic N) is 2. The summed E-state index contributed by atoms with van der Waals surface area (Å²) in [5.74, 6) is 0.687. The van der Waals surface area contributed by atoms with E-state index in [-0.39, 0.29) is 22.7 Å². The number of amides is 2. The van der Waals surface area contributed by atoms with Crippen LogP contribution in [0.15, 0.2) is 12.5 Å². The predicted octanol–water partition coefficient (Wildman–Crippen LogP) is 0.480. The molecule has 102 valence electrons. The molecule has 2 N–H and O–H groups in total. The summed E-state index contributed by atoms with van der Waals surface area (Å²) in [5.41, 5.74) is 0.856. The van der Waals surface area contributed by atoms with E-state index >= 15 is 0 Å². The summed E-state index contributed by atoms with van der Waals surface area (Å²) in [6.07, 6.45) is 4.64. The Bertz CT molecular complexity index is 504. The Morgan fingerprint density at radius 2 is 2.58 bits per heavy atom. The average Bonchev–Trinajstić information content (AvgIpc) is 3.06. The molecular weight excluding hydrogens is 264 g/mol. The van der Waals surface area contributed by atoms with Crippen molar-refractivity contribution in [3.63, 3.8) is 0 Å². The van der Waals surface area contributed by atoms with E-state index in [4.69, 9.17) is 0 Å². The van der Waals surface area contributed by atoms with Crippen LogP contribution in [-0.2, 0) is 16.1 Å². The molecule has 7 heteroatoms. The van der Waals surface area contributed by atoms with Crippen molar-refractivity contribution in [2.45, 2.75) is 37.2 Å². The van der Waals surface area contributed by atoms with Crippen molar-refractivity contribution in [2.75, 3.05) is 5.75 Å². The predicted molar refractivity (Wildman–Crippen MR) is 71.2 cm³/mol. The van der Waals surface area contributed by atoms with Crippen LogP contribution in [0.25, 0.3) is 0 Å². The molecule has 0 aliphatic carbocycles. The van der Waals surface area contributed by atoms with Gasteiger partial charge in [0.05, 0.1) is 23.4 Å². The standard InChI is InChI=1S/C12H16N4O2S/c1-12-3-2-10(17)16(12)9(6-19-12)11(18)14-5-8-4-13-7-15-8/h4,7,9H,2-3,5-6H2,1H3,(H,13,15)(H,14,18). The van der Waals surface area contributed by atoms with Crippen LogP contribution < -0.4 is 5.32 Å². The van der Waals surface area contributed by atoms with Crippen molar-refractivity contribution in [3.8, 4) is 0 Å². The summed E-state index contributed by atoms with van der Waals surface area (Å²) >= 11 is 1.70. The first-order valence-electron chi connectivity index (χ1n) is 6.31. The van der Waals surface area contributed by atoms with E-state index < -0.39 is 0 Å². The molecule has 6 nitrogen and oxygen atoms in total. The van der Waals surface area contributed by atoms with Gasteiger partial charge in [-0.3, -0.25) is 9.59 Å². The molecule has 2 atom stereocenters. The van der Waals surface area contributed by atoms with E-state index in [0.717, 1.165) is 12.1 Å². The second-order valence-corrected chi connectivity index (χ2v) is 6.56. The number of carbonyl (C=O) groups excluding carboxylic acids is 2. The van der Waals surface area contributed by atoms with Crippen LogP contribution >= 0.6 is 11.8 Å². The topological polar surface area (TPSA) is 78.1 Å². The molecule has 2 aliphatic rings. The number of nitrogens with one attached hydrogen (secondary N) is 2. The van der Waals surface area contributed by atoms with E-state index in [2.05, 4.69) is 15.3 Å². The summed E-state index contributed by atoms with van der Waals surface area (Å²) in [6, 6.07) is -0.340. The van der Waals surface area contributed by atoms with Crippen LogP contribution in [0.3, 0.4) is 0 Å². The van der Waals surface area contributed by atoms with Crippen LogP contribution in [0.1, 0.15) is 25.5 Å². The lowest BCUT2D eigenvalue weighted by atomic mass is 10.2. The zero-order chi connectivity index (χ0) is 13.5. The van der Waals surface area contributed by atoms with E-state index in [9.17, 15) is 9.59 Å². The molecule has 0 aromatic carbocycles. The van der Waals surface area contributed by atoms with Gasteiger partial charge in [-0.2, -0.15) is 0 Å². The molecule has 2 fully saturated rings. The maximum atomic E-state index is 12.2. The van der Waals surface area contributed by atoms with Crippen molar-refractivity contribution in [1.29, 1.82) is 0 Å². The first-order chi connectivity index (χ1) is 9.10. The number of carbonyl (C=O) groups is 2. The van der Waals surface area contributed by atoms with Gasteiger partial charge < -0.3 is 15.2 Å². The van der Waals surface area contributed by atoms with E-state index in [1.807, 2.05) is 6.92 Å². The Morgan fingerprint density at radius 1 is 1.74 bits per heavy atom. The summed E-state index contributed by atoms with van der Waals surface area (Å²) in [5, 5.41) is 2.86. The zero-order valence-corrected chi connectivity index (χ0v) is 11.5. The molecule has 2 saturated heterocycles. The highest BCUT2D eigenvalue weighted by Crippen LogP contribution is 2.47. The summed E-state index contributed by atoms with van der Waals surface area (Å²) in [6.45, 7) is 2.46. The first kappa shape index (κ1) is 12.5. The molecule has 1 aromatic rings. The molecule has 0 saturated carbocycles. The Kier molecular flexibility index (Phi) is 3.00. The van der Waals surface area contributed by atoms with E-state index in [0.29, 0.717) is 18.7 Å². The van der Waals surface area contributed by atoms with Gasteiger partial charge in [-0.1, -0.05) is 0 Å². The van der Waals surface area contributed by atoms with E-state index in [1.54, 1.807) is 29.2 Å². The molecule has 0 radical (unpaired) electrons. The van der Waals surface area contributed by atoms with Crippen LogP contribution in [0, 0.1) is 0 Å². The number of rotatable bonds is 3. The second-order valence-electron chi connectivity index (χ2n) is 5.06. The molecule has 19 heavy (non-hydrogen) atoms. The fraction of sp³-hybridized carbons (Fsp3) is 0.583. The highest BCUT2D eigenvalue weighted by molar-refractivity contribution is 8.01. The Hall–Kier alpha value is -1.50. The van der Waals surface area contributed by atoms with Crippen molar-refractivity contribution in [3.05, 3.63) is 18.2 Å². The number of H-pyrrole nitrogens is 1. The summed E-state index contributed by atoms with van der Waals surface area (Å²) in [4.78, 5) is 32.6. The lowest BCUT2D eigenvalue weighted by Gasteiger charge is -2.29. The highest BCUT2D eigenvalue weighted by Gasteiger charge is 2.52. The van der Waals surface area contributed by atoms with Crippen LogP contribution in [0.4, 0.5) is 0 Å². The van der Waals surface area contributed by atoms with Gasteiger partial charge in [0.15, 0.2) is 0 Å². The second kappa shape index (κ2) is 4.56. The normalized spacial score (nSPS) is 29.6. The van der Waals surface area contributed by atoms with Gasteiger partial charge in [-0.25, -0.2) is 4.98 Å². The molecule has 0 spiro atoms. The lowest BCUT2D eigenvalue weighted by molar-refractivity contribution is -0.138. The first-order valence-corrected chi connectivity index (χ1v) is 7.30. The fourth-order valence-corrected chi connectivity index (χ4v) is 4.13. The van der Waals surface area contributed by atoms with Gasteiger partial charge >= 0.3 is 0 Å². The van der Waals surface area contributed by atoms with Crippen molar-refractivity contribution in [1.82, 2.24) is 20.2 Å². The number of aromatic nitrogens is 2. The van der Waals surface area contributed by atoms with Crippen molar-refractivity contribution >= 4 is 23.6 Å². The maximum absolute atomic E-state index is 12.2. The lowest BCUT2D eigenvalue weighted by Crippen LogP contribution is -2.49. The van der Waals surface area contributed by atoms with Gasteiger partial charge in [-0.05, 0) is 13.3 Å². The molecule has 1 aromatic heterocycles. The minimum Gasteiger partial charge on any atom is -0.349 e. The minimum atomic E-state index is -0.340. The van der Waals surface area contributed by atoms with Gasteiger partial charge in [0.1, 0.15) is 6.04 Å². The molecule has 0 bridgehead atoms. The number of hydrogen-bond acceptors (Lipinski definition) is 4. The maximum Gasteiger partial charge on any atom is 0.244 e. The molecule has 2 amide bonds. The van der Waals surface area contributed by atoms with Gasteiger partial charge in [0.2, 0.25) is 11.8 Å². The SMILES string of the molecule is CC12CCC(=O)N1C(C(=O)NCc1cnc[nH]1)CS2. The van der Waals surface area contributed by atoms with Gasteiger partial charge in [0, 0.05) is 18.4 Å². The van der Waals surface area contributed by atoms with Crippen LogP contribution in [0.2, 0.25) is 0 Å². The average molecular weight is 280 g/mol. The van der Waals surface area contributed by atoms with Gasteiger partial charge in [-0.15, -0.1) is 11.8 Å². The van der Waals surface area contributed by atoms with Crippen LogP contribution in [0.5, 0.6) is 0 Å². The number of fused-ring (bicyclic) bond motifs is 1. The summed E-state index contributed by atoms with van der Waals surface area (Å²) in [7, 11) is 0. The molecule has 2 aliphatic heterocycles. The minimum absolute atomic E-state index is 0.0823. The monoisotopic (exact) mass is 280 g/mol. The quantitative estimate of drug-likeness (QED) is 0.844. The molecular formula is C12H16N4O2S. The van der Waals surface area contributed by atoms with Crippen molar-refractivity contribution in [2.24, 2.45) is 0 Å². The number of imidazole rings is 1. The van der Waals surface area contributed by atoms with Crippen molar-refractivity contribution < 1.29 is 9.59 Å². The Balaban J connectivity index is 1.66. The highest BCUT2D eigenvalue weighted by atomic mass is 32.2.